The SMILES string of the molecule is CCCC1CCC(C2CCC3(CC2)CC2(CCC(C4CCC(CC)CC4)CC2)C3)CC1.CCCCCCCCC1CCC([C@H]2CCC3(CC2)CC2(CC[C@H]([C@H]4CC[C@H](CCC)CC4)CC2)C3)CC1. The minimum absolute atomic E-state index is 0.816. The van der Waals surface area contributed by atoms with Gasteiger partial charge in [0.1, 0.15) is 0 Å². The van der Waals surface area contributed by atoms with Crippen LogP contribution in [0, 0.1) is 92.7 Å². The van der Waals surface area contributed by atoms with Gasteiger partial charge < -0.3 is 0 Å². The summed E-state index contributed by atoms with van der Waals surface area (Å²) in [7, 11) is 0. The van der Waals surface area contributed by atoms with Gasteiger partial charge in [-0.05, 0) is 272 Å². The maximum Gasteiger partial charge on any atom is -0.0287 e. The van der Waals surface area contributed by atoms with E-state index in [1.807, 2.05) is 0 Å². The van der Waals surface area contributed by atoms with Crippen LogP contribution in [0.25, 0.3) is 0 Å². The van der Waals surface area contributed by atoms with Gasteiger partial charge in [-0.2, -0.15) is 0 Å². The lowest BCUT2D eigenvalue weighted by molar-refractivity contribution is -0.109. The minimum Gasteiger partial charge on any atom is -0.0654 e. The van der Waals surface area contributed by atoms with E-state index in [9.17, 15) is 0 Å². The third-order valence-corrected chi connectivity index (χ3v) is 25.5. The Morgan fingerprint density at radius 2 is 0.485 bits per heavy atom. The van der Waals surface area contributed by atoms with Crippen LogP contribution in [-0.2, 0) is 0 Å². The highest BCUT2D eigenvalue weighted by Gasteiger charge is 2.57. The Morgan fingerprint density at radius 3 is 0.765 bits per heavy atom. The van der Waals surface area contributed by atoms with Crippen molar-refractivity contribution >= 4 is 0 Å². The molecule has 10 fully saturated rings. The first-order valence-corrected chi connectivity index (χ1v) is 33.2. The molecule has 0 heteroatoms. The molecular formula is C68H120. The molecular weight excluding hydrogens is 817 g/mol. The second-order valence-electron chi connectivity index (χ2n) is 29.7. The first-order chi connectivity index (χ1) is 33.2. The first kappa shape index (κ1) is 52.8. The van der Waals surface area contributed by atoms with Gasteiger partial charge in [-0.3, -0.25) is 0 Å². The molecule has 0 saturated heterocycles. The summed E-state index contributed by atoms with van der Waals surface area (Å²) in [5, 5.41) is 0. The summed E-state index contributed by atoms with van der Waals surface area (Å²) < 4.78 is 0. The molecule has 0 aromatic heterocycles. The van der Waals surface area contributed by atoms with Crippen LogP contribution in [-0.4, -0.2) is 0 Å². The molecule has 10 aliphatic carbocycles. The fraction of sp³-hybridized carbons (Fsp3) is 1.00. The summed E-state index contributed by atoms with van der Waals surface area (Å²) in [6, 6.07) is 0. The van der Waals surface area contributed by atoms with Gasteiger partial charge >= 0.3 is 0 Å². The van der Waals surface area contributed by atoms with Crippen LogP contribution < -0.4 is 0 Å². The van der Waals surface area contributed by atoms with Gasteiger partial charge in [0, 0.05) is 0 Å². The molecule has 0 nitrogen and oxygen atoms in total. The van der Waals surface area contributed by atoms with Gasteiger partial charge in [-0.25, -0.2) is 0 Å². The molecule has 68 heavy (non-hydrogen) atoms. The van der Waals surface area contributed by atoms with E-state index in [1.54, 1.807) is 238 Å². The Morgan fingerprint density at radius 1 is 0.235 bits per heavy atom. The smallest absolute Gasteiger partial charge is 0.0287 e. The molecule has 0 aromatic rings. The summed E-state index contributed by atoms with van der Waals surface area (Å²) in [5.41, 5.74) is 3.28. The highest BCUT2D eigenvalue weighted by Crippen LogP contribution is 2.69. The Hall–Kier alpha value is 0. The van der Waals surface area contributed by atoms with Crippen molar-refractivity contribution in [3.63, 3.8) is 0 Å². The standard InChI is InChI=1S/C37H66.C31H54/c1-3-5-6-7-8-9-11-31-14-18-33(19-15-31)35-22-26-37(27-23-35)28-36(29-37)24-20-34(21-25-36)32-16-12-30(10-4-2)13-17-32;1-3-5-25-8-12-27(13-9-25)29-16-20-31(21-17-29)22-30(23-31)18-14-28(15-19-30)26-10-6-24(4-2)7-11-26/h30-35H,3-29H2,1-2H3;24-29H,3-23H2,1-2H3/t30-,31?,32-,33?,34-,35-,36?,37?;. The van der Waals surface area contributed by atoms with Crippen molar-refractivity contribution in [1.29, 1.82) is 0 Å². The van der Waals surface area contributed by atoms with E-state index < -0.39 is 0 Å². The van der Waals surface area contributed by atoms with E-state index in [2.05, 4.69) is 27.7 Å². The number of unbranched alkanes of at least 4 members (excludes halogenated alkanes) is 5. The highest BCUT2D eigenvalue weighted by atomic mass is 14.6. The number of hydrogen-bond donors (Lipinski definition) is 0. The van der Waals surface area contributed by atoms with E-state index in [4.69, 9.17) is 0 Å². The van der Waals surface area contributed by atoms with Crippen LogP contribution in [0.5, 0.6) is 0 Å². The van der Waals surface area contributed by atoms with E-state index in [0.29, 0.717) is 0 Å². The molecule has 0 N–H and O–H groups in total. The van der Waals surface area contributed by atoms with Crippen LogP contribution in [0.15, 0.2) is 0 Å². The monoisotopic (exact) mass is 937 g/mol. The zero-order valence-corrected chi connectivity index (χ0v) is 46.9. The van der Waals surface area contributed by atoms with Crippen LogP contribution in [0.1, 0.15) is 336 Å². The molecule has 10 rings (SSSR count). The highest BCUT2D eigenvalue weighted by molar-refractivity contribution is 5.08. The third kappa shape index (κ3) is 13.4. The summed E-state index contributed by atoms with van der Waals surface area (Å²) in [6.07, 6.45) is 75.0. The van der Waals surface area contributed by atoms with Gasteiger partial charge in [0.15, 0.2) is 0 Å². The van der Waals surface area contributed by atoms with Crippen molar-refractivity contribution in [3.8, 4) is 0 Å². The Kier molecular flexibility index (Phi) is 19.4. The Balaban J connectivity index is 0.000000172. The molecule has 0 aliphatic heterocycles. The maximum atomic E-state index is 2.41. The van der Waals surface area contributed by atoms with Gasteiger partial charge in [-0.1, -0.05) is 156 Å². The fourth-order valence-corrected chi connectivity index (χ4v) is 21.3. The second-order valence-corrected chi connectivity index (χ2v) is 29.7. The van der Waals surface area contributed by atoms with Crippen LogP contribution in [0.3, 0.4) is 0 Å². The van der Waals surface area contributed by atoms with Gasteiger partial charge in [0.25, 0.3) is 0 Å². The molecule has 392 valence electrons. The minimum atomic E-state index is 0.816. The quantitative estimate of drug-likeness (QED) is 0.135. The molecule has 4 spiro atoms. The predicted octanol–water partition coefficient (Wildman–Crippen LogP) is 22.3. The Bertz CT molecular complexity index is 1370. The van der Waals surface area contributed by atoms with E-state index in [-0.39, 0.29) is 0 Å². The maximum absolute atomic E-state index is 2.41. The fourth-order valence-electron chi connectivity index (χ4n) is 21.3. The lowest BCUT2D eigenvalue weighted by Gasteiger charge is -2.62. The largest absolute Gasteiger partial charge is 0.0654 e. The van der Waals surface area contributed by atoms with Crippen molar-refractivity contribution in [1.82, 2.24) is 0 Å². The van der Waals surface area contributed by atoms with Crippen molar-refractivity contribution in [2.75, 3.05) is 0 Å². The average molecular weight is 938 g/mol. The zero-order chi connectivity index (χ0) is 46.9. The Labute approximate surface area is 426 Å². The molecule has 0 bridgehead atoms. The van der Waals surface area contributed by atoms with E-state index >= 15 is 0 Å². The van der Waals surface area contributed by atoms with Gasteiger partial charge in [0.2, 0.25) is 0 Å². The zero-order valence-electron chi connectivity index (χ0n) is 46.9. The summed E-state index contributed by atoms with van der Waals surface area (Å²) in [4.78, 5) is 0. The van der Waals surface area contributed by atoms with Crippen LogP contribution >= 0.6 is 0 Å². The number of hydrogen-bond acceptors (Lipinski definition) is 0. The molecule has 0 aromatic carbocycles. The topological polar surface area (TPSA) is 0 Å². The first-order valence-electron chi connectivity index (χ1n) is 33.2. The molecule has 10 aliphatic rings. The molecule has 0 atom stereocenters. The third-order valence-electron chi connectivity index (χ3n) is 25.5. The van der Waals surface area contributed by atoms with E-state index in [1.165, 1.54) is 70.6 Å². The van der Waals surface area contributed by atoms with Crippen molar-refractivity contribution in [2.24, 2.45) is 92.7 Å². The second kappa shape index (κ2) is 25.0. The molecule has 0 heterocycles. The van der Waals surface area contributed by atoms with Crippen molar-refractivity contribution in [2.45, 2.75) is 336 Å². The normalized spacial score (nSPS) is 45.4. The summed E-state index contributed by atoms with van der Waals surface area (Å²) >= 11 is 0. The van der Waals surface area contributed by atoms with Gasteiger partial charge in [-0.15, -0.1) is 0 Å². The molecule has 10 saturated carbocycles. The van der Waals surface area contributed by atoms with Crippen molar-refractivity contribution in [3.05, 3.63) is 0 Å². The van der Waals surface area contributed by atoms with Crippen molar-refractivity contribution < 1.29 is 0 Å². The molecule has 0 amide bonds. The van der Waals surface area contributed by atoms with Crippen LogP contribution in [0.4, 0.5) is 0 Å². The summed E-state index contributed by atoms with van der Waals surface area (Å²) in [6.45, 7) is 9.50. The lowest BCUT2D eigenvalue weighted by Crippen LogP contribution is -2.50. The molecule has 0 unspecified atom stereocenters. The van der Waals surface area contributed by atoms with E-state index in [0.717, 1.165) is 92.7 Å². The number of rotatable bonds is 16. The lowest BCUT2D eigenvalue weighted by atomic mass is 9.43. The van der Waals surface area contributed by atoms with Gasteiger partial charge in [0.05, 0.1) is 0 Å². The summed E-state index contributed by atoms with van der Waals surface area (Å²) in [5.74, 6) is 13.2. The van der Waals surface area contributed by atoms with Crippen LogP contribution in [0.2, 0.25) is 0 Å². The molecule has 0 radical (unpaired) electrons. The average Bonchev–Trinajstić information content (AvgIpc) is 3.36. The predicted molar refractivity (Wildman–Crippen MR) is 296 cm³/mol.